The first-order chi connectivity index (χ1) is 6.35. The number of rotatable bonds is 9. The average Bonchev–Trinajstić information content (AvgIpc) is 2.14. The molecule has 0 rings (SSSR count). The fraction of sp³-hybridized carbons (Fsp3) is 0.600. The molecule has 1 atom stereocenters. The van der Waals surface area contributed by atoms with Crippen molar-refractivity contribution in [2.24, 2.45) is 0 Å². The monoisotopic (exact) mass is 186 g/mol. The van der Waals surface area contributed by atoms with Gasteiger partial charge in [0.1, 0.15) is 6.10 Å². The van der Waals surface area contributed by atoms with Crippen molar-refractivity contribution in [3.05, 3.63) is 25.3 Å². The van der Waals surface area contributed by atoms with Gasteiger partial charge in [0.2, 0.25) is 0 Å². The number of hydrogen-bond acceptors (Lipinski definition) is 3. The fourth-order valence-corrected chi connectivity index (χ4v) is 0.817. The Hall–Kier alpha value is -0.640. The third-order valence-electron chi connectivity index (χ3n) is 1.34. The summed E-state index contributed by atoms with van der Waals surface area (Å²) >= 11 is 0. The molecule has 0 aliphatic heterocycles. The van der Waals surface area contributed by atoms with E-state index in [9.17, 15) is 0 Å². The van der Waals surface area contributed by atoms with E-state index in [4.69, 9.17) is 14.2 Å². The van der Waals surface area contributed by atoms with Crippen molar-refractivity contribution in [2.75, 3.05) is 33.5 Å². The van der Waals surface area contributed by atoms with Crippen LogP contribution in [0.25, 0.3) is 0 Å². The summed E-state index contributed by atoms with van der Waals surface area (Å²) in [4.78, 5) is 0. The number of hydrogen-bond donors (Lipinski definition) is 0. The molecule has 13 heavy (non-hydrogen) atoms. The molecule has 0 aromatic heterocycles. The van der Waals surface area contributed by atoms with Gasteiger partial charge in [-0.1, -0.05) is 12.2 Å². The van der Waals surface area contributed by atoms with E-state index < -0.39 is 0 Å². The molecule has 0 aromatic carbocycles. The lowest BCUT2D eigenvalue weighted by Crippen LogP contribution is -2.25. The molecule has 3 nitrogen and oxygen atoms in total. The van der Waals surface area contributed by atoms with E-state index in [1.807, 2.05) is 0 Å². The Morgan fingerprint density at radius 3 is 2.38 bits per heavy atom. The van der Waals surface area contributed by atoms with Crippen LogP contribution in [0.2, 0.25) is 0 Å². The Morgan fingerprint density at radius 1 is 1.15 bits per heavy atom. The van der Waals surface area contributed by atoms with Gasteiger partial charge in [-0.05, 0) is 0 Å². The maximum Gasteiger partial charge on any atom is 0.104 e. The summed E-state index contributed by atoms with van der Waals surface area (Å²) in [6.07, 6.45) is 3.39. The summed E-state index contributed by atoms with van der Waals surface area (Å²) in [6.45, 7) is 9.23. The van der Waals surface area contributed by atoms with Crippen molar-refractivity contribution in [3.8, 4) is 0 Å². The maximum atomic E-state index is 5.38. The molecule has 0 heterocycles. The highest BCUT2D eigenvalue weighted by molar-refractivity contribution is 4.68. The van der Waals surface area contributed by atoms with Crippen molar-refractivity contribution in [3.63, 3.8) is 0 Å². The normalized spacial score (nSPS) is 12.4. The zero-order chi connectivity index (χ0) is 9.94. The zero-order valence-electron chi connectivity index (χ0n) is 8.20. The summed E-state index contributed by atoms with van der Waals surface area (Å²) in [5.41, 5.74) is 0. The van der Waals surface area contributed by atoms with Crippen LogP contribution in [0.3, 0.4) is 0 Å². The summed E-state index contributed by atoms with van der Waals surface area (Å²) in [6, 6.07) is 0. The van der Waals surface area contributed by atoms with Crippen LogP contribution in [-0.4, -0.2) is 39.6 Å². The van der Waals surface area contributed by atoms with Crippen LogP contribution in [0.15, 0.2) is 25.3 Å². The lowest BCUT2D eigenvalue weighted by Gasteiger charge is -2.15. The number of ether oxygens (including phenoxy) is 3. The Balaban J connectivity index is 3.52. The number of methoxy groups -OCH3 is 1. The molecule has 0 saturated heterocycles. The highest BCUT2D eigenvalue weighted by Crippen LogP contribution is 1.94. The molecular weight excluding hydrogens is 168 g/mol. The van der Waals surface area contributed by atoms with Crippen molar-refractivity contribution in [2.45, 2.75) is 6.10 Å². The molecule has 0 fully saturated rings. The molecule has 1 unspecified atom stereocenters. The Bertz CT molecular complexity index is 134. The van der Waals surface area contributed by atoms with Crippen LogP contribution >= 0.6 is 0 Å². The van der Waals surface area contributed by atoms with Gasteiger partial charge in [-0.15, -0.1) is 13.2 Å². The summed E-state index contributed by atoms with van der Waals surface area (Å²) in [7, 11) is 1.64. The van der Waals surface area contributed by atoms with Crippen LogP contribution in [0, 0.1) is 0 Å². The topological polar surface area (TPSA) is 27.7 Å². The van der Waals surface area contributed by atoms with Gasteiger partial charge in [0.15, 0.2) is 0 Å². The first-order valence-electron chi connectivity index (χ1n) is 4.25. The fourth-order valence-electron chi connectivity index (χ4n) is 0.817. The lowest BCUT2D eigenvalue weighted by atomic mass is 10.4. The van der Waals surface area contributed by atoms with Crippen LogP contribution in [0.1, 0.15) is 0 Å². The second-order valence-corrected chi connectivity index (χ2v) is 2.53. The molecule has 0 aromatic rings. The van der Waals surface area contributed by atoms with Crippen LogP contribution < -0.4 is 0 Å². The molecule has 0 amide bonds. The predicted molar refractivity (Wildman–Crippen MR) is 52.8 cm³/mol. The standard InChI is InChI=1S/C10H18O3/c1-4-6-12-9-10(8-11-3)13-7-5-2/h4-5,10H,1-2,6-9H2,3H3. The SMILES string of the molecule is C=CCOCC(COC)OCC=C. The van der Waals surface area contributed by atoms with Gasteiger partial charge in [-0.2, -0.15) is 0 Å². The maximum absolute atomic E-state index is 5.38. The zero-order valence-corrected chi connectivity index (χ0v) is 8.20. The summed E-state index contributed by atoms with van der Waals surface area (Å²) in [5.74, 6) is 0. The molecule has 3 heteroatoms. The van der Waals surface area contributed by atoms with Gasteiger partial charge in [0.05, 0.1) is 26.4 Å². The molecule has 0 N–H and O–H groups in total. The minimum atomic E-state index is -0.0250. The van der Waals surface area contributed by atoms with Gasteiger partial charge in [0.25, 0.3) is 0 Å². The second-order valence-electron chi connectivity index (χ2n) is 2.53. The third-order valence-corrected chi connectivity index (χ3v) is 1.34. The van der Waals surface area contributed by atoms with E-state index in [-0.39, 0.29) is 6.10 Å². The molecule has 0 saturated carbocycles. The van der Waals surface area contributed by atoms with Gasteiger partial charge >= 0.3 is 0 Å². The highest BCUT2D eigenvalue weighted by Gasteiger charge is 2.07. The van der Waals surface area contributed by atoms with E-state index in [1.165, 1.54) is 0 Å². The second kappa shape index (κ2) is 9.45. The van der Waals surface area contributed by atoms with E-state index in [1.54, 1.807) is 19.3 Å². The first-order valence-corrected chi connectivity index (χ1v) is 4.25. The molecule has 0 radical (unpaired) electrons. The van der Waals surface area contributed by atoms with Crippen molar-refractivity contribution in [1.82, 2.24) is 0 Å². The predicted octanol–water partition coefficient (Wildman–Crippen LogP) is 1.41. The lowest BCUT2D eigenvalue weighted by molar-refractivity contribution is -0.0371. The van der Waals surface area contributed by atoms with E-state index in [0.717, 1.165) is 0 Å². The van der Waals surface area contributed by atoms with Crippen LogP contribution in [0.4, 0.5) is 0 Å². The van der Waals surface area contributed by atoms with E-state index in [2.05, 4.69) is 13.2 Å². The molecule has 0 spiro atoms. The van der Waals surface area contributed by atoms with Gasteiger partial charge in [-0.3, -0.25) is 0 Å². The average molecular weight is 186 g/mol. The highest BCUT2D eigenvalue weighted by atomic mass is 16.6. The smallest absolute Gasteiger partial charge is 0.104 e. The Labute approximate surface area is 80.0 Å². The molecule has 76 valence electrons. The van der Waals surface area contributed by atoms with E-state index >= 15 is 0 Å². The summed E-state index contributed by atoms with van der Waals surface area (Å²) in [5, 5.41) is 0. The first kappa shape index (κ1) is 12.4. The minimum Gasteiger partial charge on any atom is -0.382 e. The van der Waals surface area contributed by atoms with E-state index in [0.29, 0.717) is 26.4 Å². The van der Waals surface area contributed by atoms with Gasteiger partial charge in [-0.25, -0.2) is 0 Å². The van der Waals surface area contributed by atoms with Crippen LogP contribution in [0.5, 0.6) is 0 Å². The molecule has 0 bridgehead atoms. The van der Waals surface area contributed by atoms with Crippen LogP contribution in [-0.2, 0) is 14.2 Å². The quantitative estimate of drug-likeness (QED) is 0.402. The van der Waals surface area contributed by atoms with Gasteiger partial charge < -0.3 is 14.2 Å². The summed E-state index contributed by atoms with van der Waals surface area (Å²) < 4.78 is 15.6. The van der Waals surface area contributed by atoms with Crippen molar-refractivity contribution in [1.29, 1.82) is 0 Å². The Morgan fingerprint density at radius 2 is 1.85 bits per heavy atom. The molecule has 0 aliphatic rings. The molecule has 0 aliphatic carbocycles. The third kappa shape index (κ3) is 7.71. The van der Waals surface area contributed by atoms with Gasteiger partial charge in [0, 0.05) is 7.11 Å². The minimum absolute atomic E-state index is 0.0250. The Kier molecular flexibility index (Phi) is 8.98. The molecular formula is C10H18O3. The van der Waals surface area contributed by atoms with Crippen molar-refractivity contribution < 1.29 is 14.2 Å². The van der Waals surface area contributed by atoms with Crippen molar-refractivity contribution >= 4 is 0 Å². The largest absolute Gasteiger partial charge is 0.382 e.